The quantitative estimate of drug-likeness (QED) is 0.855. The molecule has 1 unspecified atom stereocenters. The fourth-order valence-electron chi connectivity index (χ4n) is 2.72. The molecule has 0 aliphatic carbocycles. The van der Waals surface area contributed by atoms with Crippen molar-refractivity contribution in [2.75, 3.05) is 26.4 Å². The number of rotatable bonds is 6. The van der Waals surface area contributed by atoms with E-state index in [1.54, 1.807) is 11.3 Å². The number of thiazole rings is 1. The summed E-state index contributed by atoms with van der Waals surface area (Å²) in [5.74, 6) is 0. The zero-order valence-electron chi connectivity index (χ0n) is 11.1. The van der Waals surface area contributed by atoms with Crippen LogP contribution in [0, 0.1) is 5.41 Å². The highest BCUT2D eigenvalue weighted by atomic mass is 35.5. The summed E-state index contributed by atoms with van der Waals surface area (Å²) in [6.07, 6.45) is 3.75. The Kier molecular flexibility index (Phi) is 4.28. The summed E-state index contributed by atoms with van der Waals surface area (Å²) < 4.78 is 7.51. The minimum absolute atomic E-state index is 0.0552. The van der Waals surface area contributed by atoms with Gasteiger partial charge in [-0.1, -0.05) is 11.6 Å². The van der Waals surface area contributed by atoms with Crippen LogP contribution < -0.4 is 5.32 Å². The van der Waals surface area contributed by atoms with Crippen LogP contribution in [-0.4, -0.2) is 40.9 Å². The normalized spacial score (nSPS) is 22.9. The number of aromatic nitrogens is 2. The van der Waals surface area contributed by atoms with Crippen molar-refractivity contribution in [1.82, 2.24) is 14.7 Å². The molecule has 1 saturated heterocycles. The van der Waals surface area contributed by atoms with E-state index in [0.29, 0.717) is 18.3 Å². The van der Waals surface area contributed by atoms with E-state index in [9.17, 15) is 5.11 Å². The molecule has 0 radical (unpaired) electrons. The number of nitrogens with one attached hydrogen (secondary N) is 1. The molecule has 1 aliphatic heterocycles. The first-order valence-electron chi connectivity index (χ1n) is 6.73. The van der Waals surface area contributed by atoms with Gasteiger partial charge in [-0.05, 0) is 12.8 Å². The van der Waals surface area contributed by atoms with Gasteiger partial charge in [-0.3, -0.25) is 4.40 Å². The summed E-state index contributed by atoms with van der Waals surface area (Å²) >= 11 is 7.75. The molecular formula is C13H18ClN3O2S. The summed E-state index contributed by atoms with van der Waals surface area (Å²) in [6, 6.07) is 0. The second-order valence-corrected chi connectivity index (χ2v) is 6.52. The maximum atomic E-state index is 9.22. The van der Waals surface area contributed by atoms with E-state index in [4.69, 9.17) is 16.3 Å². The van der Waals surface area contributed by atoms with Crippen molar-refractivity contribution in [3.05, 3.63) is 22.4 Å². The van der Waals surface area contributed by atoms with Crippen LogP contribution in [-0.2, 0) is 11.3 Å². The van der Waals surface area contributed by atoms with Crippen LogP contribution >= 0.6 is 22.9 Å². The van der Waals surface area contributed by atoms with Crippen LogP contribution in [0.1, 0.15) is 18.5 Å². The number of fused-ring (bicyclic) bond motifs is 1. The van der Waals surface area contributed by atoms with Gasteiger partial charge in [0.1, 0.15) is 0 Å². The van der Waals surface area contributed by atoms with Crippen LogP contribution in [0.2, 0.25) is 5.15 Å². The van der Waals surface area contributed by atoms with Crippen molar-refractivity contribution >= 4 is 27.9 Å². The SMILES string of the molecule is OCCC1(CNCc2c(Cl)nc3sccn23)CCOC1. The van der Waals surface area contributed by atoms with Crippen molar-refractivity contribution in [2.45, 2.75) is 19.4 Å². The molecule has 20 heavy (non-hydrogen) atoms. The van der Waals surface area contributed by atoms with E-state index in [1.165, 1.54) is 0 Å². The molecule has 2 aromatic heterocycles. The number of aliphatic hydroxyl groups is 1. The molecule has 2 aromatic rings. The smallest absolute Gasteiger partial charge is 0.195 e. The summed E-state index contributed by atoms with van der Waals surface area (Å²) in [6.45, 7) is 3.19. The predicted octanol–water partition coefficient (Wildman–Crippen LogP) is 1.93. The molecular weight excluding hydrogens is 298 g/mol. The lowest BCUT2D eigenvalue weighted by molar-refractivity contribution is 0.124. The van der Waals surface area contributed by atoms with Gasteiger partial charge in [0.15, 0.2) is 10.1 Å². The second-order valence-electron chi connectivity index (χ2n) is 5.28. The van der Waals surface area contributed by atoms with Crippen LogP contribution in [0.3, 0.4) is 0 Å². The molecule has 0 saturated carbocycles. The fourth-order valence-corrected chi connectivity index (χ4v) is 3.74. The van der Waals surface area contributed by atoms with Crippen molar-refractivity contribution in [1.29, 1.82) is 0 Å². The Morgan fingerprint density at radius 2 is 2.50 bits per heavy atom. The van der Waals surface area contributed by atoms with E-state index in [1.807, 2.05) is 16.0 Å². The summed E-state index contributed by atoms with van der Waals surface area (Å²) in [5.41, 5.74) is 1.04. The van der Waals surface area contributed by atoms with Crippen LogP contribution in [0.5, 0.6) is 0 Å². The molecule has 0 bridgehead atoms. The number of nitrogens with zero attached hydrogens (tertiary/aromatic N) is 2. The zero-order valence-corrected chi connectivity index (χ0v) is 12.7. The van der Waals surface area contributed by atoms with Gasteiger partial charge in [0.2, 0.25) is 0 Å². The Balaban J connectivity index is 1.64. The van der Waals surface area contributed by atoms with Crippen LogP contribution in [0.15, 0.2) is 11.6 Å². The third kappa shape index (κ3) is 2.71. The standard InChI is InChI=1S/C13H18ClN3O2S/c14-11-10(17-3-6-20-12(17)16-11)7-15-8-13(1-4-18)2-5-19-9-13/h3,6,15,18H,1-2,4-5,7-9H2. The van der Waals surface area contributed by atoms with E-state index in [-0.39, 0.29) is 12.0 Å². The van der Waals surface area contributed by atoms with E-state index in [2.05, 4.69) is 10.3 Å². The first-order chi connectivity index (χ1) is 9.74. The van der Waals surface area contributed by atoms with Gasteiger partial charge >= 0.3 is 0 Å². The molecule has 110 valence electrons. The minimum Gasteiger partial charge on any atom is -0.396 e. The highest BCUT2D eigenvalue weighted by Gasteiger charge is 2.34. The Bertz CT molecular complexity index is 577. The van der Waals surface area contributed by atoms with Crippen LogP contribution in [0.25, 0.3) is 4.96 Å². The number of aliphatic hydroxyl groups excluding tert-OH is 1. The molecule has 5 nitrogen and oxygen atoms in total. The number of halogens is 1. The first-order valence-corrected chi connectivity index (χ1v) is 7.99. The summed E-state index contributed by atoms with van der Waals surface area (Å²) in [7, 11) is 0. The molecule has 1 aliphatic rings. The average molecular weight is 316 g/mol. The Labute approximate surface area is 126 Å². The maximum absolute atomic E-state index is 9.22. The number of ether oxygens (including phenoxy) is 1. The zero-order chi connectivity index (χ0) is 14.0. The van der Waals surface area contributed by atoms with E-state index < -0.39 is 0 Å². The lowest BCUT2D eigenvalue weighted by atomic mass is 9.84. The number of hydrogen-bond acceptors (Lipinski definition) is 5. The van der Waals surface area contributed by atoms with Crippen molar-refractivity contribution in [2.24, 2.45) is 5.41 Å². The fraction of sp³-hybridized carbons (Fsp3) is 0.615. The average Bonchev–Trinajstić information content (AvgIpc) is 3.10. The van der Waals surface area contributed by atoms with E-state index >= 15 is 0 Å². The molecule has 0 aromatic carbocycles. The van der Waals surface area contributed by atoms with Crippen molar-refractivity contribution < 1.29 is 9.84 Å². The molecule has 3 rings (SSSR count). The molecule has 1 fully saturated rings. The number of hydrogen-bond donors (Lipinski definition) is 2. The third-order valence-electron chi connectivity index (χ3n) is 3.93. The summed E-state index contributed by atoms with van der Waals surface area (Å²) in [5, 5.41) is 15.2. The van der Waals surface area contributed by atoms with Gasteiger partial charge in [-0.2, -0.15) is 0 Å². The van der Waals surface area contributed by atoms with Crippen LogP contribution in [0.4, 0.5) is 0 Å². The topological polar surface area (TPSA) is 58.8 Å². The Morgan fingerprint density at radius 3 is 3.25 bits per heavy atom. The molecule has 2 N–H and O–H groups in total. The molecule has 7 heteroatoms. The second kappa shape index (κ2) is 5.99. The molecule has 0 amide bonds. The van der Waals surface area contributed by atoms with Gasteiger partial charge in [-0.25, -0.2) is 4.98 Å². The first kappa shape index (κ1) is 14.3. The van der Waals surface area contributed by atoms with Crippen molar-refractivity contribution in [3.63, 3.8) is 0 Å². The van der Waals surface area contributed by atoms with Gasteiger partial charge in [0.25, 0.3) is 0 Å². The van der Waals surface area contributed by atoms with Crippen molar-refractivity contribution in [3.8, 4) is 0 Å². The predicted molar refractivity (Wildman–Crippen MR) is 79.4 cm³/mol. The largest absolute Gasteiger partial charge is 0.396 e. The maximum Gasteiger partial charge on any atom is 0.195 e. The van der Waals surface area contributed by atoms with Gasteiger partial charge in [0.05, 0.1) is 12.3 Å². The molecule has 3 heterocycles. The lowest BCUT2D eigenvalue weighted by Crippen LogP contribution is -2.35. The molecule has 1 atom stereocenters. The van der Waals surface area contributed by atoms with E-state index in [0.717, 1.165) is 36.6 Å². The van der Waals surface area contributed by atoms with Gasteiger partial charge in [0, 0.05) is 43.3 Å². The molecule has 0 spiro atoms. The number of imidazole rings is 1. The Morgan fingerprint density at radius 1 is 1.60 bits per heavy atom. The minimum atomic E-state index is 0.0552. The summed E-state index contributed by atoms with van der Waals surface area (Å²) in [4.78, 5) is 5.24. The highest BCUT2D eigenvalue weighted by Crippen LogP contribution is 2.31. The lowest BCUT2D eigenvalue weighted by Gasteiger charge is -2.26. The van der Waals surface area contributed by atoms with Gasteiger partial charge in [-0.15, -0.1) is 11.3 Å². The van der Waals surface area contributed by atoms with Gasteiger partial charge < -0.3 is 15.2 Å². The Hall–Kier alpha value is -0.660. The third-order valence-corrected chi connectivity index (χ3v) is 4.99. The monoisotopic (exact) mass is 315 g/mol. The highest BCUT2D eigenvalue weighted by molar-refractivity contribution is 7.15.